The second-order valence-electron chi connectivity index (χ2n) is 10.8. The van der Waals surface area contributed by atoms with Gasteiger partial charge >= 0.3 is 0 Å². The van der Waals surface area contributed by atoms with Crippen molar-refractivity contribution >= 4 is 28.4 Å². The molecular weight excluding hydrogens is 458 g/mol. The lowest BCUT2D eigenvalue weighted by Crippen LogP contribution is -2.57. The Hall–Kier alpha value is -3.56. The molecule has 9 nitrogen and oxygen atoms in total. The Bertz CT molecular complexity index is 1530. The van der Waals surface area contributed by atoms with Crippen molar-refractivity contribution in [1.82, 2.24) is 20.2 Å². The monoisotopic (exact) mass is 485 g/mol. The molecule has 1 aromatic heterocycles. The lowest BCUT2D eigenvalue weighted by molar-refractivity contribution is -0.181. The predicted molar refractivity (Wildman–Crippen MR) is 132 cm³/mol. The van der Waals surface area contributed by atoms with Crippen LogP contribution in [0.4, 0.5) is 5.69 Å². The number of aromatic nitrogens is 2. The number of nitrogens with zero attached hydrogens (tertiary/aromatic N) is 3. The Balaban J connectivity index is 1.46. The third-order valence-electron chi connectivity index (χ3n) is 8.01. The van der Waals surface area contributed by atoms with E-state index in [1.807, 2.05) is 30.3 Å². The van der Waals surface area contributed by atoms with E-state index in [0.717, 1.165) is 11.3 Å². The van der Waals surface area contributed by atoms with Gasteiger partial charge in [0, 0.05) is 12.0 Å². The first kappa shape index (κ1) is 21.7. The van der Waals surface area contributed by atoms with Crippen LogP contribution in [-0.4, -0.2) is 33.6 Å². The Labute approximate surface area is 207 Å². The first-order valence-electron chi connectivity index (χ1n) is 12.5. The third-order valence-corrected chi connectivity index (χ3v) is 8.01. The summed E-state index contributed by atoms with van der Waals surface area (Å²) in [7, 11) is 0. The molecule has 2 saturated heterocycles. The molecule has 36 heavy (non-hydrogen) atoms. The van der Waals surface area contributed by atoms with Crippen molar-refractivity contribution in [3.8, 4) is 0 Å². The minimum Gasteiger partial charge on any atom is -0.334 e. The summed E-state index contributed by atoms with van der Waals surface area (Å²) in [4.78, 5) is 47.4. The van der Waals surface area contributed by atoms with E-state index < -0.39 is 23.5 Å². The van der Waals surface area contributed by atoms with Gasteiger partial charge in [0.2, 0.25) is 11.8 Å². The second kappa shape index (κ2) is 7.02. The SMILES string of the molecule is CC(C)C[C@@H]1NC2N(C1=O)c1ccccc1[C@]21C[C@@H]2C(=O)N[C@](C)(O1)c1nc3ccccc3c(=O)n12. The quantitative estimate of drug-likeness (QED) is 0.577. The summed E-state index contributed by atoms with van der Waals surface area (Å²) < 4.78 is 8.47. The molecule has 184 valence electrons. The van der Waals surface area contributed by atoms with Gasteiger partial charge in [0.05, 0.1) is 22.6 Å². The van der Waals surface area contributed by atoms with Gasteiger partial charge in [-0.15, -0.1) is 0 Å². The van der Waals surface area contributed by atoms with Gasteiger partial charge in [0.25, 0.3) is 5.56 Å². The van der Waals surface area contributed by atoms with Gasteiger partial charge in [0.1, 0.15) is 17.8 Å². The van der Waals surface area contributed by atoms with E-state index in [0.29, 0.717) is 29.1 Å². The van der Waals surface area contributed by atoms with Crippen molar-refractivity contribution in [3.63, 3.8) is 0 Å². The molecule has 3 aromatic rings. The number of carbonyl (C=O) groups excluding carboxylic acids is 2. The zero-order chi connectivity index (χ0) is 25.0. The van der Waals surface area contributed by atoms with Crippen LogP contribution in [0.15, 0.2) is 53.3 Å². The Morgan fingerprint density at radius 1 is 1.11 bits per heavy atom. The number of anilines is 1. The molecule has 5 atom stereocenters. The minimum absolute atomic E-state index is 0.00111. The molecule has 0 saturated carbocycles. The predicted octanol–water partition coefficient (Wildman–Crippen LogP) is 2.25. The zero-order valence-corrected chi connectivity index (χ0v) is 20.3. The van der Waals surface area contributed by atoms with Crippen molar-refractivity contribution in [2.45, 2.75) is 63.2 Å². The number of hydrogen-bond acceptors (Lipinski definition) is 6. The molecule has 1 spiro atoms. The van der Waals surface area contributed by atoms with Crippen molar-refractivity contribution < 1.29 is 14.3 Å². The number of ether oxygens (including phenoxy) is 1. The Morgan fingerprint density at radius 3 is 2.67 bits per heavy atom. The molecule has 9 heteroatoms. The summed E-state index contributed by atoms with van der Waals surface area (Å²) in [6.45, 7) is 5.93. The normalized spacial score (nSPS) is 32.1. The van der Waals surface area contributed by atoms with E-state index in [9.17, 15) is 14.4 Å². The number of fused-ring (bicyclic) bond motifs is 5. The molecule has 2 amide bonds. The number of benzene rings is 2. The number of nitrogens with one attached hydrogen (secondary N) is 2. The van der Waals surface area contributed by atoms with Crippen LogP contribution in [0.1, 0.15) is 51.0 Å². The van der Waals surface area contributed by atoms with Crippen LogP contribution in [0.5, 0.6) is 0 Å². The fraction of sp³-hybridized carbons (Fsp3) is 0.407. The smallest absolute Gasteiger partial charge is 0.262 e. The summed E-state index contributed by atoms with van der Waals surface area (Å²) in [6.07, 6.45) is 0.364. The van der Waals surface area contributed by atoms with Gasteiger partial charge in [0.15, 0.2) is 11.5 Å². The molecular formula is C27H27N5O4. The summed E-state index contributed by atoms with van der Waals surface area (Å²) in [5.74, 6) is 0.400. The second-order valence-corrected chi connectivity index (χ2v) is 10.8. The van der Waals surface area contributed by atoms with Gasteiger partial charge in [-0.2, -0.15) is 0 Å². The summed E-state index contributed by atoms with van der Waals surface area (Å²) >= 11 is 0. The fourth-order valence-electron chi connectivity index (χ4n) is 6.61. The van der Waals surface area contributed by atoms with Crippen LogP contribution in [0.2, 0.25) is 0 Å². The molecule has 8 rings (SSSR count). The van der Waals surface area contributed by atoms with E-state index in [4.69, 9.17) is 9.72 Å². The number of hydrogen-bond donors (Lipinski definition) is 2. The summed E-state index contributed by atoms with van der Waals surface area (Å²) in [5.41, 5.74) is -0.553. The molecule has 0 radical (unpaired) electrons. The average Bonchev–Trinajstić information content (AvgIpc) is 3.20. The van der Waals surface area contributed by atoms with Crippen LogP contribution in [0.25, 0.3) is 10.9 Å². The van der Waals surface area contributed by atoms with Gasteiger partial charge in [-0.05, 0) is 37.5 Å². The molecule has 2 fully saturated rings. The van der Waals surface area contributed by atoms with Crippen LogP contribution >= 0.6 is 0 Å². The molecule has 2 aromatic carbocycles. The van der Waals surface area contributed by atoms with Crippen molar-refractivity contribution in [1.29, 1.82) is 0 Å². The van der Waals surface area contributed by atoms with E-state index in [1.165, 1.54) is 4.57 Å². The highest BCUT2D eigenvalue weighted by Crippen LogP contribution is 2.56. The highest BCUT2D eigenvalue weighted by molar-refractivity contribution is 6.03. The molecule has 5 aliphatic rings. The number of para-hydroxylation sites is 2. The maximum absolute atomic E-state index is 13.7. The van der Waals surface area contributed by atoms with Crippen LogP contribution in [0.3, 0.4) is 0 Å². The minimum atomic E-state index is -1.38. The molecule has 5 aliphatic heterocycles. The topological polar surface area (TPSA) is 106 Å². The van der Waals surface area contributed by atoms with E-state index in [2.05, 4.69) is 24.5 Å². The highest BCUT2D eigenvalue weighted by Gasteiger charge is 2.66. The van der Waals surface area contributed by atoms with Gasteiger partial charge in [-0.3, -0.25) is 29.2 Å². The first-order valence-corrected chi connectivity index (χ1v) is 12.5. The van der Waals surface area contributed by atoms with Gasteiger partial charge in [-0.25, -0.2) is 4.98 Å². The molecule has 2 N–H and O–H groups in total. The van der Waals surface area contributed by atoms with Crippen LogP contribution < -0.4 is 21.1 Å². The molecule has 2 bridgehead atoms. The standard InChI is InChI=1S/C27H27N5O4/c1-14(2)12-18-23(35)31-19-11-7-5-9-16(19)27(25(31)29-18)13-20-21(33)30-26(3,36-27)24-28-17-10-6-4-8-15(17)22(34)32(20)24/h4-11,14,18,20,25,29H,12-13H2,1-3H3,(H,30,33)/t18-,20+,25?,26+,27+/m0/s1. The zero-order valence-electron chi connectivity index (χ0n) is 20.3. The van der Waals surface area contributed by atoms with Crippen molar-refractivity contribution in [3.05, 3.63) is 70.3 Å². The van der Waals surface area contributed by atoms with Crippen molar-refractivity contribution in [2.24, 2.45) is 5.92 Å². The third kappa shape index (κ3) is 2.62. The lowest BCUT2D eigenvalue weighted by Gasteiger charge is -2.40. The molecule has 6 heterocycles. The first-order chi connectivity index (χ1) is 17.2. The largest absolute Gasteiger partial charge is 0.334 e. The Morgan fingerprint density at radius 2 is 1.86 bits per heavy atom. The van der Waals surface area contributed by atoms with Crippen LogP contribution in [-0.2, 0) is 25.7 Å². The number of rotatable bonds is 2. The van der Waals surface area contributed by atoms with Gasteiger partial charge in [-0.1, -0.05) is 44.2 Å². The maximum Gasteiger partial charge on any atom is 0.262 e. The van der Waals surface area contributed by atoms with Gasteiger partial charge < -0.3 is 10.1 Å². The fourth-order valence-corrected chi connectivity index (χ4v) is 6.61. The molecule has 0 aliphatic carbocycles. The van der Waals surface area contributed by atoms with Crippen molar-refractivity contribution in [2.75, 3.05) is 4.90 Å². The highest BCUT2D eigenvalue weighted by atomic mass is 16.5. The summed E-state index contributed by atoms with van der Waals surface area (Å²) in [5, 5.41) is 7.01. The Kier molecular flexibility index (Phi) is 4.23. The van der Waals surface area contributed by atoms with Crippen LogP contribution in [0, 0.1) is 5.92 Å². The molecule has 1 unspecified atom stereocenters. The van der Waals surface area contributed by atoms with E-state index in [1.54, 1.807) is 30.0 Å². The maximum atomic E-state index is 13.7. The number of amides is 2. The average molecular weight is 486 g/mol. The number of carbonyl (C=O) groups is 2. The van der Waals surface area contributed by atoms with E-state index in [-0.39, 0.29) is 29.8 Å². The summed E-state index contributed by atoms with van der Waals surface area (Å²) in [6, 6.07) is 13.6. The lowest BCUT2D eigenvalue weighted by atomic mass is 9.86. The van der Waals surface area contributed by atoms with E-state index >= 15 is 0 Å².